The van der Waals surface area contributed by atoms with Crippen LogP contribution in [0.1, 0.15) is 20.3 Å². The minimum Gasteiger partial charge on any atom is -0.495 e. The molecule has 0 N–H and O–H groups in total. The lowest BCUT2D eigenvalue weighted by molar-refractivity contribution is 0.101. The molecule has 0 unspecified atom stereocenters. The molecule has 0 amide bonds. The minimum absolute atomic E-state index is 0.422. The highest BCUT2D eigenvalue weighted by molar-refractivity contribution is 5.19. The summed E-state index contributed by atoms with van der Waals surface area (Å²) in [5.74, 6) is 1.51. The number of hydrogen-bond donors (Lipinski definition) is 0. The Hall–Kier alpha value is -0.760. The van der Waals surface area contributed by atoms with Crippen molar-refractivity contribution in [2.45, 2.75) is 20.3 Å². The molecule has 0 aromatic rings. The molecule has 0 saturated carbocycles. The van der Waals surface area contributed by atoms with Crippen LogP contribution >= 0.6 is 0 Å². The molecular formula is C11H18O2. The molecule has 1 atom stereocenters. The Morgan fingerprint density at radius 2 is 2.23 bits per heavy atom. The average Bonchev–Trinajstić information content (AvgIpc) is 2.09. The third kappa shape index (κ3) is 3.23. The largest absolute Gasteiger partial charge is 0.495 e. The fraction of sp³-hybridized carbons (Fsp3) is 0.636. The molecule has 13 heavy (non-hydrogen) atoms. The van der Waals surface area contributed by atoms with Crippen LogP contribution in [0.3, 0.4) is 0 Å². The summed E-state index contributed by atoms with van der Waals surface area (Å²) in [5.41, 5.74) is 1.42. The summed E-state index contributed by atoms with van der Waals surface area (Å²) in [6.45, 7) is 5.62. The van der Waals surface area contributed by atoms with E-state index in [9.17, 15) is 0 Å². The monoisotopic (exact) mass is 182 g/mol. The summed E-state index contributed by atoms with van der Waals surface area (Å²) in [6, 6.07) is 0. The van der Waals surface area contributed by atoms with E-state index in [1.165, 1.54) is 5.57 Å². The first-order valence-corrected chi connectivity index (χ1v) is 4.73. The SMILES string of the molecule is COCCOC1=CCC(C)=C[C@H]1C. The molecule has 0 saturated heterocycles. The van der Waals surface area contributed by atoms with Crippen LogP contribution in [-0.2, 0) is 9.47 Å². The second-order valence-corrected chi connectivity index (χ2v) is 3.45. The summed E-state index contributed by atoms with van der Waals surface area (Å²) in [7, 11) is 1.69. The zero-order valence-electron chi connectivity index (χ0n) is 8.67. The topological polar surface area (TPSA) is 18.5 Å². The Morgan fingerprint density at radius 1 is 1.46 bits per heavy atom. The molecule has 1 aliphatic carbocycles. The summed E-state index contributed by atoms with van der Waals surface area (Å²) >= 11 is 0. The predicted octanol–water partition coefficient (Wildman–Crippen LogP) is 2.52. The van der Waals surface area contributed by atoms with Gasteiger partial charge in [-0.15, -0.1) is 0 Å². The standard InChI is InChI=1S/C11H18O2/c1-9-4-5-11(10(2)8-9)13-7-6-12-3/h5,8,10H,4,6-7H2,1-3H3/t10-/m1/s1. The third-order valence-electron chi connectivity index (χ3n) is 2.16. The zero-order chi connectivity index (χ0) is 9.68. The van der Waals surface area contributed by atoms with Gasteiger partial charge in [-0.3, -0.25) is 0 Å². The first-order valence-electron chi connectivity index (χ1n) is 4.73. The van der Waals surface area contributed by atoms with Gasteiger partial charge in [0.25, 0.3) is 0 Å². The van der Waals surface area contributed by atoms with Crippen molar-refractivity contribution in [1.29, 1.82) is 0 Å². The summed E-state index contributed by atoms with van der Waals surface area (Å²) in [4.78, 5) is 0. The van der Waals surface area contributed by atoms with E-state index in [1.54, 1.807) is 7.11 Å². The van der Waals surface area contributed by atoms with Crippen LogP contribution in [0.2, 0.25) is 0 Å². The number of ether oxygens (including phenoxy) is 2. The molecule has 0 heterocycles. The van der Waals surface area contributed by atoms with E-state index in [4.69, 9.17) is 9.47 Å². The highest BCUT2D eigenvalue weighted by Crippen LogP contribution is 2.23. The number of rotatable bonds is 4. The number of methoxy groups -OCH3 is 1. The van der Waals surface area contributed by atoms with Crippen LogP contribution < -0.4 is 0 Å². The maximum Gasteiger partial charge on any atom is 0.111 e. The fourth-order valence-electron chi connectivity index (χ4n) is 1.46. The third-order valence-corrected chi connectivity index (χ3v) is 2.16. The van der Waals surface area contributed by atoms with E-state index in [1.807, 2.05) is 0 Å². The molecule has 0 aromatic heterocycles. The van der Waals surface area contributed by atoms with E-state index in [0.29, 0.717) is 19.1 Å². The fourth-order valence-corrected chi connectivity index (χ4v) is 1.46. The normalized spacial score (nSPS) is 22.2. The molecule has 0 fully saturated rings. The van der Waals surface area contributed by atoms with Crippen molar-refractivity contribution in [2.24, 2.45) is 5.92 Å². The predicted molar refractivity (Wildman–Crippen MR) is 53.4 cm³/mol. The summed E-state index contributed by atoms with van der Waals surface area (Å²) in [5, 5.41) is 0. The maximum absolute atomic E-state index is 5.58. The Kier molecular flexibility index (Phi) is 4.03. The second-order valence-electron chi connectivity index (χ2n) is 3.45. The number of hydrogen-bond acceptors (Lipinski definition) is 2. The van der Waals surface area contributed by atoms with Gasteiger partial charge in [-0.05, 0) is 19.4 Å². The Morgan fingerprint density at radius 3 is 2.85 bits per heavy atom. The lowest BCUT2D eigenvalue weighted by atomic mass is 9.98. The van der Waals surface area contributed by atoms with Crippen molar-refractivity contribution in [3.05, 3.63) is 23.5 Å². The van der Waals surface area contributed by atoms with Crippen molar-refractivity contribution >= 4 is 0 Å². The highest BCUT2D eigenvalue weighted by atomic mass is 16.5. The Bertz CT molecular complexity index is 216. The Labute approximate surface area is 80.2 Å². The van der Waals surface area contributed by atoms with Gasteiger partial charge < -0.3 is 9.47 Å². The zero-order valence-corrected chi connectivity index (χ0v) is 8.67. The molecule has 1 aliphatic rings. The molecular weight excluding hydrogens is 164 g/mol. The molecule has 2 nitrogen and oxygen atoms in total. The Balaban J connectivity index is 2.35. The van der Waals surface area contributed by atoms with Gasteiger partial charge in [0.05, 0.1) is 12.4 Å². The van der Waals surface area contributed by atoms with Crippen LogP contribution in [-0.4, -0.2) is 20.3 Å². The molecule has 74 valence electrons. The molecule has 1 rings (SSSR count). The molecule has 0 aliphatic heterocycles. The van der Waals surface area contributed by atoms with Crippen LogP contribution in [0.5, 0.6) is 0 Å². The van der Waals surface area contributed by atoms with Gasteiger partial charge in [-0.25, -0.2) is 0 Å². The quantitative estimate of drug-likeness (QED) is 0.491. The summed E-state index contributed by atoms with van der Waals surface area (Å²) in [6.07, 6.45) is 5.43. The van der Waals surface area contributed by atoms with Gasteiger partial charge in [0.2, 0.25) is 0 Å². The van der Waals surface area contributed by atoms with Gasteiger partial charge in [0.15, 0.2) is 0 Å². The molecule has 0 bridgehead atoms. The summed E-state index contributed by atoms with van der Waals surface area (Å²) < 4.78 is 10.5. The van der Waals surface area contributed by atoms with Crippen LogP contribution in [0.4, 0.5) is 0 Å². The van der Waals surface area contributed by atoms with Gasteiger partial charge in [-0.2, -0.15) is 0 Å². The van der Waals surface area contributed by atoms with Crippen LogP contribution in [0, 0.1) is 5.92 Å². The lowest BCUT2D eigenvalue weighted by Crippen LogP contribution is -2.09. The minimum atomic E-state index is 0.422. The van der Waals surface area contributed by atoms with Crippen molar-refractivity contribution < 1.29 is 9.47 Å². The first-order chi connectivity index (χ1) is 6.24. The smallest absolute Gasteiger partial charge is 0.111 e. The van der Waals surface area contributed by atoms with Crippen molar-refractivity contribution in [1.82, 2.24) is 0 Å². The molecule has 0 aromatic carbocycles. The molecule has 0 radical (unpaired) electrons. The maximum atomic E-state index is 5.58. The molecule has 0 spiro atoms. The van der Waals surface area contributed by atoms with Gasteiger partial charge in [0, 0.05) is 13.0 Å². The van der Waals surface area contributed by atoms with Crippen molar-refractivity contribution in [2.75, 3.05) is 20.3 Å². The van der Waals surface area contributed by atoms with Crippen LogP contribution in [0.25, 0.3) is 0 Å². The number of allylic oxidation sites excluding steroid dienone is 3. The highest BCUT2D eigenvalue weighted by Gasteiger charge is 2.11. The average molecular weight is 182 g/mol. The van der Waals surface area contributed by atoms with Crippen molar-refractivity contribution in [3.8, 4) is 0 Å². The van der Waals surface area contributed by atoms with E-state index in [0.717, 1.165) is 12.2 Å². The second kappa shape index (κ2) is 5.07. The van der Waals surface area contributed by atoms with E-state index < -0.39 is 0 Å². The van der Waals surface area contributed by atoms with Gasteiger partial charge >= 0.3 is 0 Å². The lowest BCUT2D eigenvalue weighted by Gasteiger charge is -2.19. The van der Waals surface area contributed by atoms with E-state index in [2.05, 4.69) is 26.0 Å². The van der Waals surface area contributed by atoms with Crippen molar-refractivity contribution in [3.63, 3.8) is 0 Å². The van der Waals surface area contributed by atoms with E-state index >= 15 is 0 Å². The van der Waals surface area contributed by atoms with Gasteiger partial charge in [0.1, 0.15) is 6.61 Å². The van der Waals surface area contributed by atoms with E-state index in [-0.39, 0.29) is 0 Å². The first kappa shape index (κ1) is 10.3. The van der Waals surface area contributed by atoms with Gasteiger partial charge in [-0.1, -0.05) is 18.6 Å². The van der Waals surface area contributed by atoms with Crippen LogP contribution in [0.15, 0.2) is 23.5 Å². The molecule has 2 heteroatoms.